The number of nitrogens with zero attached hydrogens (tertiary/aromatic N) is 2. The van der Waals surface area contributed by atoms with Crippen LogP contribution in [0.4, 0.5) is 0 Å². The fraction of sp³-hybridized carbons (Fsp3) is 0. The van der Waals surface area contributed by atoms with Crippen molar-refractivity contribution in [2.45, 2.75) is 0 Å². The minimum atomic E-state index is 0.102. The molecule has 0 amide bonds. The zero-order chi connectivity index (χ0) is 13.5. The Morgan fingerprint density at radius 3 is 2.50 bits per heavy atom. The smallest absolute Gasteiger partial charge is 0.196 e. The first kappa shape index (κ1) is 11.0. The van der Waals surface area contributed by atoms with E-state index in [1.165, 1.54) is 0 Å². The molecule has 0 radical (unpaired) electrons. The molecule has 0 saturated heterocycles. The van der Waals surface area contributed by atoms with Gasteiger partial charge in [-0.05, 0) is 24.3 Å². The van der Waals surface area contributed by atoms with Gasteiger partial charge in [-0.3, -0.25) is 4.98 Å². The molecule has 2 aromatic heterocycles. The average molecular weight is 262 g/mol. The van der Waals surface area contributed by atoms with Crippen molar-refractivity contribution in [3.05, 3.63) is 54.7 Å². The van der Waals surface area contributed by atoms with E-state index < -0.39 is 0 Å². The van der Waals surface area contributed by atoms with E-state index in [1.807, 2.05) is 48.5 Å². The second-order valence-corrected chi connectivity index (χ2v) is 4.52. The maximum Gasteiger partial charge on any atom is 0.196 e. The van der Waals surface area contributed by atoms with Crippen LogP contribution < -0.4 is 0 Å². The van der Waals surface area contributed by atoms with Gasteiger partial charge in [0.05, 0.1) is 22.6 Å². The Hall–Kier alpha value is -2.88. The Morgan fingerprint density at radius 2 is 1.65 bits per heavy atom. The molecule has 0 fully saturated rings. The van der Waals surface area contributed by atoms with E-state index in [0.29, 0.717) is 22.4 Å². The van der Waals surface area contributed by atoms with Crippen molar-refractivity contribution in [2.75, 3.05) is 0 Å². The molecular weight excluding hydrogens is 252 g/mol. The Bertz CT molecular complexity index is 928. The van der Waals surface area contributed by atoms with Crippen LogP contribution in [-0.2, 0) is 0 Å². The van der Waals surface area contributed by atoms with E-state index in [0.717, 1.165) is 11.0 Å². The lowest BCUT2D eigenvalue weighted by Crippen LogP contribution is -1.87. The van der Waals surface area contributed by atoms with Crippen LogP contribution in [0.15, 0.2) is 59.1 Å². The van der Waals surface area contributed by atoms with Crippen LogP contribution in [0.5, 0.6) is 5.75 Å². The third-order valence-electron chi connectivity index (χ3n) is 3.25. The summed E-state index contributed by atoms with van der Waals surface area (Å²) < 4.78 is 5.68. The fourth-order valence-corrected chi connectivity index (χ4v) is 2.27. The van der Waals surface area contributed by atoms with Crippen molar-refractivity contribution in [1.82, 2.24) is 9.97 Å². The Labute approximate surface area is 114 Å². The van der Waals surface area contributed by atoms with Gasteiger partial charge in [-0.2, -0.15) is 0 Å². The second-order valence-electron chi connectivity index (χ2n) is 4.52. The highest BCUT2D eigenvalue weighted by Crippen LogP contribution is 2.37. The summed E-state index contributed by atoms with van der Waals surface area (Å²) in [6.07, 6.45) is 1.61. The molecule has 0 atom stereocenters. The van der Waals surface area contributed by atoms with Gasteiger partial charge in [0.2, 0.25) is 0 Å². The van der Waals surface area contributed by atoms with Crippen LogP contribution in [-0.4, -0.2) is 15.1 Å². The summed E-state index contributed by atoms with van der Waals surface area (Å²) in [6, 6.07) is 14.9. The number of furan rings is 1. The molecule has 0 saturated carbocycles. The van der Waals surface area contributed by atoms with Gasteiger partial charge in [0.15, 0.2) is 11.5 Å². The largest absolute Gasteiger partial charge is 0.504 e. The minimum Gasteiger partial charge on any atom is -0.504 e. The highest BCUT2D eigenvalue weighted by Gasteiger charge is 2.16. The highest BCUT2D eigenvalue weighted by molar-refractivity contribution is 5.91. The Balaban J connectivity index is 1.98. The van der Waals surface area contributed by atoms with Gasteiger partial charge >= 0.3 is 0 Å². The number of benzene rings is 2. The molecule has 4 nitrogen and oxygen atoms in total. The third kappa shape index (κ3) is 1.55. The topological polar surface area (TPSA) is 59.2 Å². The molecule has 0 aliphatic rings. The van der Waals surface area contributed by atoms with E-state index in [4.69, 9.17) is 4.42 Å². The molecule has 20 heavy (non-hydrogen) atoms. The summed E-state index contributed by atoms with van der Waals surface area (Å²) in [5, 5.41) is 10.9. The molecule has 2 heterocycles. The number of aromatic nitrogens is 2. The molecule has 0 aliphatic carbocycles. The molecule has 0 aliphatic heterocycles. The lowest BCUT2D eigenvalue weighted by atomic mass is 10.2. The van der Waals surface area contributed by atoms with Gasteiger partial charge in [-0.15, -0.1) is 0 Å². The highest BCUT2D eigenvalue weighted by atomic mass is 16.4. The van der Waals surface area contributed by atoms with E-state index in [1.54, 1.807) is 6.20 Å². The maximum atomic E-state index is 10.3. The molecule has 0 bridgehead atoms. The second kappa shape index (κ2) is 4.06. The normalized spacial score (nSPS) is 11.2. The van der Waals surface area contributed by atoms with Gasteiger partial charge < -0.3 is 9.52 Å². The number of rotatable bonds is 1. The van der Waals surface area contributed by atoms with Gasteiger partial charge in [0.25, 0.3) is 0 Å². The van der Waals surface area contributed by atoms with E-state index in [9.17, 15) is 5.11 Å². The zero-order valence-corrected chi connectivity index (χ0v) is 10.4. The summed E-state index contributed by atoms with van der Waals surface area (Å²) in [6.45, 7) is 0. The van der Waals surface area contributed by atoms with E-state index in [-0.39, 0.29) is 5.75 Å². The molecule has 4 aromatic rings. The van der Waals surface area contributed by atoms with E-state index >= 15 is 0 Å². The van der Waals surface area contributed by atoms with Gasteiger partial charge in [0, 0.05) is 0 Å². The van der Waals surface area contributed by atoms with Crippen molar-refractivity contribution in [3.8, 4) is 17.2 Å². The molecule has 0 spiro atoms. The number of para-hydroxylation sites is 3. The van der Waals surface area contributed by atoms with E-state index in [2.05, 4.69) is 9.97 Å². The van der Waals surface area contributed by atoms with Crippen LogP contribution in [0.25, 0.3) is 33.5 Å². The zero-order valence-electron chi connectivity index (χ0n) is 10.4. The number of aromatic hydroxyl groups is 1. The molecule has 2 aromatic carbocycles. The van der Waals surface area contributed by atoms with Crippen molar-refractivity contribution in [3.63, 3.8) is 0 Å². The first-order valence-electron chi connectivity index (χ1n) is 6.25. The molecule has 4 rings (SSSR count). The first-order chi connectivity index (χ1) is 9.83. The summed E-state index contributed by atoms with van der Waals surface area (Å²) in [7, 11) is 0. The molecular formula is C16H10N2O2. The maximum absolute atomic E-state index is 10.3. The first-order valence-corrected chi connectivity index (χ1v) is 6.25. The summed E-state index contributed by atoms with van der Waals surface area (Å²) >= 11 is 0. The van der Waals surface area contributed by atoms with Gasteiger partial charge in [0.1, 0.15) is 11.3 Å². The van der Waals surface area contributed by atoms with Crippen LogP contribution >= 0.6 is 0 Å². The Kier molecular flexibility index (Phi) is 2.23. The van der Waals surface area contributed by atoms with Crippen LogP contribution in [0.1, 0.15) is 0 Å². The summed E-state index contributed by atoms with van der Waals surface area (Å²) in [4.78, 5) is 8.82. The number of hydrogen-bond donors (Lipinski definition) is 1. The predicted molar refractivity (Wildman–Crippen MR) is 76.4 cm³/mol. The number of hydrogen-bond acceptors (Lipinski definition) is 4. The molecule has 96 valence electrons. The summed E-state index contributed by atoms with van der Waals surface area (Å²) in [5.41, 5.74) is 2.74. The molecule has 0 unspecified atom stereocenters. The lowest BCUT2D eigenvalue weighted by Gasteiger charge is -1.99. The monoisotopic (exact) mass is 262 g/mol. The minimum absolute atomic E-state index is 0.102. The predicted octanol–water partition coefficient (Wildman–Crippen LogP) is 3.75. The molecule has 1 N–H and O–H groups in total. The Morgan fingerprint density at radius 1 is 0.900 bits per heavy atom. The average Bonchev–Trinajstić information content (AvgIpc) is 2.84. The quantitative estimate of drug-likeness (QED) is 0.567. The van der Waals surface area contributed by atoms with Crippen LogP contribution in [0, 0.1) is 0 Å². The molecule has 4 heteroatoms. The van der Waals surface area contributed by atoms with Gasteiger partial charge in [-0.25, -0.2) is 4.98 Å². The van der Waals surface area contributed by atoms with Crippen molar-refractivity contribution in [2.24, 2.45) is 0 Å². The SMILES string of the molecule is Oc1c(-c2cnc3ccccc3n2)oc2ccccc12. The van der Waals surface area contributed by atoms with Gasteiger partial charge in [-0.1, -0.05) is 24.3 Å². The van der Waals surface area contributed by atoms with Crippen LogP contribution in [0.2, 0.25) is 0 Å². The fourth-order valence-electron chi connectivity index (χ4n) is 2.27. The van der Waals surface area contributed by atoms with Crippen molar-refractivity contribution >= 4 is 22.0 Å². The summed E-state index contributed by atoms with van der Waals surface area (Å²) in [5.74, 6) is 0.453. The number of fused-ring (bicyclic) bond motifs is 2. The van der Waals surface area contributed by atoms with Crippen LogP contribution in [0.3, 0.4) is 0 Å². The van der Waals surface area contributed by atoms with Crippen molar-refractivity contribution < 1.29 is 9.52 Å². The van der Waals surface area contributed by atoms with Crippen molar-refractivity contribution in [1.29, 1.82) is 0 Å². The standard InChI is InChI=1S/C16H10N2O2/c19-15-10-5-1-4-8-14(10)20-16(15)13-9-17-11-6-2-3-7-12(11)18-13/h1-9,19H. The third-order valence-corrected chi connectivity index (χ3v) is 3.25. The lowest BCUT2D eigenvalue weighted by molar-refractivity contribution is 0.469.